The van der Waals surface area contributed by atoms with E-state index in [1.165, 1.54) is 5.56 Å². The lowest BCUT2D eigenvalue weighted by atomic mass is 10.0. The van der Waals surface area contributed by atoms with E-state index >= 15 is 0 Å². The Kier molecular flexibility index (Phi) is 2.01. The lowest BCUT2D eigenvalue weighted by Crippen LogP contribution is -2.09. The SMILES string of the molecule is Cc1ccc2c(ccc3nc(C)[nH]c(=O)c32)c1. The Bertz CT molecular complexity index is 787. The van der Waals surface area contributed by atoms with E-state index in [-0.39, 0.29) is 5.56 Å². The summed E-state index contributed by atoms with van der Waals surface area (Å²) in [5, 5.41) is 2.71. The molecule has 0 spiro atoms. The Morgan fingerprint density at radius 2 is 1.94 bits per heavy atom. The zero-order chi connectivity index (χ0) is 12.0. The van der Waals surface area contributed by atoms with Crippen LogP contribution >= 0.6 is 0 Å². The fraction of sp³-hybridized carbons (Fsp3) is 0.143. The molecule has 0 amide bonds. The molecule has 84 valence electrons. The van der Waals surface area contributed by atoms with E-state index in [9.17, 15) is 4.79 Å². The van der Waals surface area contributed by atoms with Crippen LogP contribution in [0.25, 0.3) is 21.7 Å². The zero-order valence-corrected chi connectivity index (χ0v) is 9.74. The van der Waals surface area contributed by atoms with Crippen LogP contribution in [0.5, 0.6) is 0 Å². The summed E-state index contributed by atoms with van der Waals surface area (Å²) in [6, 6.07) is 9.99. The summed E-state index contributed by atoms with van der Waals surface area (Å²) in [6.45, 7) is 3.83. The van der Waals surface area contributed by atoms with Crippen LogP contribution in [0.4, 0.5) is 0 Å². The Morgan fingerprint density at radius 1 is 1.12 bits per heavy atom. The minimum Gasteiger partial charge on any atom is -0.310 e. The molecule has 0 unspecified atom stereocenters. The molecule has 0 aliphatic carbocycles. The van der Waals surface area contributed by atoms with Crippen LogP contribution in [0, 0.1) is 13.8 Å². The van der Waals surface area contributed by atoms with Crippen LogP contribution in [0.15, 0.2) is 35.1 Å². The molecule has 0 saturated heterocycles. The highest BCUT2D eigenvalue weighted by molar-refractivity contribution is 6.05. The van der Waals surface area contributed by atoms with Gasteiger partial charge in [0.1, 0.15) is 5.82 Å². The molecule has 3 nitrogen and oxygen atoms in total. The largest absolute Gasteiger partial charge is 0.310 e. The van der Waals surface area contributed by atoms with Gasteiger partial charge in [0.05, 0.1) is 10.9 Å². The van der Waals surface area contributed by atoms with Crippen molar-refractivity contribution in [3.05, 3.63) is 52.1 Å². The van der Waals surface area contributed by atoms with Crippen molar-refractivity contribution >= 4 is 21.7 Å². The Balaban J connectivity index is 2.60. The number of nitrogens with one attached hydrogen (secondary N) is 1. The smallest absolute Gasteiger partial charge is 0.259 e. The van der Waals surface area contributed by atoms with Crippen molar-refractivity contribution in [2.45, 2.75) is 13.8 Å². The van der Waals surface area contributed by atoms with Gasteiger partial charge in [-0.15, -0.1) is 0 Å². The summed E-state index contributed by atoms with van der Waals surface area (Å²) < 4.78 is 0. The van der Waals surface area contributed by atoms with Crippen LogP contribution in [-0.4, -0.2) is 9.97 Å². The van der Waals surface area contributed by atoms with Gasteiger partial charge in [0.2, 0.25) is 0 Å². The quantitative estimate of drug-likeness (QED) is 0.597. The average Bonchev–Trinajstić information content (AvgIpc) is 2.28. The normalized spacial score (nSPS) is 11.2. The molecule has 2 aromatic carbocycles. The number of aromatic nitrogens is 2. The lowest BCUT2D eigenvalue weighted by Gasteiger charge is -2.04. The molecule has 0 saturated carbocycles. The molecule has 1 aromatic heterocycles. The van der Waals surface area contributed by atoms with Crippen molar-refractivity contribution in [1.29, 1.82) is 0 Å². The lowest BCUT2D eigenvalue weighted by molar-refractivity contribution is 1.06. The molecule has 0 atom stereocenters. The van der Waals surface area contributed by atoms with E-state index in [1.807, 2.05) is 31.2 Å². The predicted molar refractivity (Wildman–Crippen MR) is 69.3 cm³/mol. The molecule has 0 bridgehead atoms. The van der Waals surface area contributed by atoms with Gasteiger partial charge in [-0.3, -0.25) is 4.79 Å². The maximum atomic E-state index is 12.0. The standard InChI is InChI=1S/C14H12N2O/c1-8-3-5-11-10(7-8)4-6-12-13(11)14(17)16-9(2)15-12/h3-7H,1-2H3,(H,15,16,17). The van der Waals surface area contributed by atoms with E-state index in [0.717, 1.165) is 16.3 Å². The number of hydrogen-bond acceptors (Lipinski definition) is 2. The molecule has 3 heteroatoms. The molecule has 0 aliphatic rings. The zero-order valence-electron chi connectivity index (χ0n) is 9.74. The molecular weight excluding hydrogens is 212 g/mol. The van der Waals surface area contributed by atoms with Gasteiger partial charge < -0.3 is 4.98 Å². The van der Waals surface area contributed by atoms with Crippen LogP contribution in [0.3, 0.4) is 0 Å². The third-order valence-electron chi connectivity index (χ3n) is 2.96. The first-order chi connectivity index (χ1) is 8.15. The number of nitrogens with zero attached hydrogens (tertiary/aromatic N) is 1. The molecule has 0 fully saturated rings. The molecule has 17 heavy (non-hydrogen) atoms. The topological polar surface area (TPSA) is 45.8 Å². The molecule has 0 aliphatic heterocycles. The number of H-pyrrole nitrogens is 1. The van der Waals surface area contributed by atoms with E-state index in [0.29, 0.717) is 11.2 Å². The van der Waals surface area contributed by atoms with Crippen LogP contribution in [0.1, 0.15) is 11.4 Å². The minimum atomic E-state index is -0.0676. The van der Waals surface area contributed by atoms with Crippen molar-refractivity contribution in [2.75, 3.05) is 0 Å². The molecule has 3 aromatic rings. The minimum absolute atomic E-state index is 0.0676. The van der Waals surface area contributed by atoms with Crippen LogP contribution in [-0.2, 0) is 0 Å². The predicted octanol–water partition coefficient (Wildman–Crippen LogP) is 2.69. The van der Waals surface area contributed by atoms with Crippen LogP contribution < -0.4 is 5.56 Å². The molecular formula is C14H12N2O. The Hall–Kier alpha value is -2.16. The third kappa shape index (κ3) is 1.51. The maximum absolute atomic E-state index is 12.0. The van der Waals surface area contributed by atoms with Gasteiger partial charge in [-0.1, -0.05) is 29.8 Å². The van der Waals surface area contributed by atoms with Gasteiger partial charge in [-0.2, -0.15) is 0 Å². The summed E-state index contributed by atoms with van der Waals surface area (Å²) in [6.07, 6.45) is 0. The van der Waals surface area contributed by atoms with Crippen molar-refractivity contribution in [3.8, 4) is 0 Å². The molecule has 1 heterocycles. The Morgan fingerprint density at radius 3 is 2.76 bits per heavy atom. The van der Waals surface area contributed by atoms with Gasteiger partial charge in [0, 0.05) is 0 Å². The Labute approximate surface area is 98.1 Å². The van der Waals surface area contributed by atoms with Gasteiger partial charge in [0.25, 0.3) is 5.56 Å². The highest BCUT2D eigenvalue weighted by Gasteiger charge is 2.06. The average molecular weight is 224 g/mol. The summed E-state index contributed by atoms with van der Waals surface area (Å²) in [4.78, 5) is 19.1. The van der Waals surface area contributed by atoms with E-state index < -0.39 is 0 Å². The number of benzene rings is 2. The van der Waals surface area contributed by atoms with Crippen molar-refractivity contribution in [2.24, 2.45) is 0 Å². The second-order valence-electron chi connectivity index (χ2n) is 4.34. The van der Waals surface area contributed by atoms with E-state index in [2.05, 4.69) is 16.0 Å². The fourth-order valence-corrected chi connectivity index (χ4v) is 2.20. The third-order valence-corrected chi connectivity index (χ3v) is 2.96. The second kappa shape index (κ2) is 3.42. The highest BCUT2D eigenvalue weighted by atomic mass is 16.1. The summed E-state index contributed by atoms with van der Waals surface area (Å²) in [5.41, 5.74) is 1.87. The number of rotatable bonds is 0. The first-order valence-electron chi connectivity index (χ1n) is 5.55. The summed E-state index contributed by atoms with van der Waals surface area (Å²) in [7, 11) is 0. The molecule has 1 N–H and O–H groups in total. The molecule has 3 rings (SSSR count). The second-order valence-corrected chi connectivity index (χ2v) is 4.34. The maximum Gasteiger partial charge on any atom is 0.259 e. The van der Waals surface area contributed by atoms with Crippen molar-refractivity contribution < 1.29 is 0 Å². The summed E-state index contributed by atoms with van der Waals surface area (Å²) >= 11 is 0. The van der Waals surface area contributed by atoms with Gasteiger partial charge in [-0.05, 0) is 30.7 Å². The first-order valence-corrected chi connectivity index (χ1v) is 5.55. The van der Waals surface area contributed by atoms with E-state index in [1.54, 1.807) is 6.92 Å². The number of aryl methyl sites for hydroxylation is 2. The van der Waals surface area contributed by atoms with Gasteiger partial charge >= 0.3 is 0 Å². The summed E-state index contributed by atoms with van der Waals surface area (Å²) in [5.74, 6) is 0.647. The number of aromatic amines is 1. The first kappa shape index (κ1) is 10.0. The number of hydrogen-bond donors (Lipinski definition) is 1. The van der Waals surface area contributed by atoms with Crippen molar-refractivity contribution in [1.82, 2.24) is 9.97 Å². The van der Waals surface area contributed by atoms with Crippen LogP contribution in [0.2, 0.25) is 0 Å². The van der Waals surface area contributed by atoms with Crippen molar-refractivity contribution in [3.63, 3.8) is 0 Å². The van der Waals surface area contributed by atoms with E-state index in [4.69, 9.17) is 0 Å². The van der Waals surface area contributed by atoms with Gasteiger partial charge in [-0.25, -0.2) is 4.98 Å². The fourth-order valence-electron chi connectivity index (χ4n) is 2.20. The molecule has 0 radical (unpaired) electrons. The number of fused-ring (bicyclic) bond motifs is 3. The highest BCUT2D eigenvalue weighted by Crippen LogP contribution is 2.22. The monoisotopic (exact) mass is 224 g/mol. The van der Waals surface area contributed by atoms with Gasteiger partial charge in [0.15, 0.2) is 0 Å².